The van der Waals surface area contributed by atoms with Crippen molar-refractivity contribution in [1.82, 2.24) is 20.2 Å². The molecule has 0 radical (unpaired) electrons. The van der Waals surface area contributed by atoms with Crippen molar-refractivity contribution in [3.63, 3.8) is 0 Å². The van der Waals surface area contributed by atoms with Crippen molar-refractivity contribution in [3.8, 4) is 0 Å². The van der Waals surface area contributed by atoms with E-state index in [1.807, 2.05) is 18.5 Å². The number of hydrogen-bond acceptors (Lipinski definition) is 3. The lowest BCUT2D eigenvalue weighted by Crippen LogP contribution is -2.15. The standard InChI is InChI=1S/C13H14N4O/c1-4-14-13-9(1)10-7-15-17-12(10)11(16-13)8-2-5-18-6-3-8/h1,4,7-8H,2-3,5-6H2,(H,14,16)(H,15,17). The van der Waals surface area contributed by atoms with Crippen molar-refractivity contribution in [3.05, 3.63) is 24.2 Å². The maximum absolute atomic E-state index is 5.43. The van der Waals surface area contributed by atoms with Gasteiger partial charge in [0.15, 0.2) is 0 Å². The van der Waals surface area contributed by atoms with Crippen molar-refractivity contribution in [2.45, 2.75) is 18.8 Å². The Kier molecular flexibility index (Phi) is 2.14. The van der Waals surface area contributed by atoms with Gasteiger partial charge >= 0.3 is 0 Å². The highest BCUT2D eigenvalue weighted by atomic mass is 16.5. The van der Waals surface area contributed by atoms with E-state index in [0.717, 1.165) is 53.7 Å². The van der Waals surface area contributed by atoms with E-state index in [1.54, 1.807) is 0 Å². The molecule has 1 aliphatic rings. The van der Waals surface area contributed by atoms with E-state index >= 15 is 0 Å². The lowest BCUT2D eigenvalue weighted by molar-refractivity contribution is 0.0848. The summed E-state index contributed by atoms with van der Waals surface area (Å²) < 4.78 is 5.43. The first-order chi connectivity index (χ1) is 8.93. The molecule has 18 heavy (non-hydrogen) atoms. The predicted molar refractivity (Wildman–Crippen MR) is 68.5 cm³/mol. The van der Waals surface area contributed by atoms with E-state index in [-0.39, 0.29) is 0 Å². The summed E-state index contributed by atoms with van der Waals surface area (Å²) in [5.41, 5.74) is 3.15. The minimum atomic E-state index is 0.467. The van der Waals surface area contributed by atoms with Gasteiger partial charge in [-0.25, -0.2) is 4.98 Å². The minimum absolute atomic E-state index is 0.467. The second kappa shape index (κ2) is 3.81. The minimum Gasteiger partial charge on any atom is -0.381 e. The Labute approximate surface area is 104 Å². The Hall–Kier alpha value is -1.88. The summed E-state index contributed by atoms with van der Waals surface area (Å²) in [4.78, 5) is 7.97. The highest BCUT2D eigenvalue weighted by Gasteiger charge is 2.22. The fourth-order valence-corrected chi connectivity index (χ4v) is 2.80. The van der Waals surface area contributed by atoms with Crippen LogP contribution in [-0.4, -0.2) is 33.4 Å². The molecule has 2 N–H and O–H groups in total. The van der Waals surface area contributed by atoms with Crippen molar-refractivity contribution in [1.29, 1.82) is 0 Å². The number of H-pyrrole nitrogens is 2. The van der Waals surface area contributed by atoms with Gasteiger partial charge in [-0.15, -0.1) is 0 Å². The molecule has 0 atom stereocenters. The zero-order chi connectivity index (χ0) is 11.9. The number of pyridine rings is 1. The molecule has 3 aromatic heterocycles. The van der Waals surface area contributed by atoms with Gasteiger partial charge in [-0.3, -0.25) is 5.10 Å². The zero-order valence-corrected chi connectivity index (χ0v) is 9.94. The van der Waals surface area contributed by atoms with E-state index in [0.29, 0.717) is 5.92 Å². The van der Waals surface area contributed by atoms with Gasteiger partial charge in [0.25, 0.3) is 0 Å². The van der Waals surface area contributed by atoms with Crippen LogP contribution < -0.4 is 0 Å². The van der Waals surface area contributed by atoms with Gasteiger partial charge in [0.2, 0.25) is 0 Å². The maximum atomic E-state index is 5.43. The van der Waals surface area contributed by atoms with Crippen LogP contribution >= 0.6 is 0 Å². The van der Waals surface area contributed by atoms with Crippen LogP contribution in [0.15, 0.2) is 18.5 Å². The quantitative estimate of drug-likeness (QED) is 0.688. The molecule has 3 aromatic rings. The second-order valence-electron chi connectivity index (χ2n) is 4.78. The van der Waals surface area contributed by atoms with Gasteiger partial charge in [0.05, 0.1) is 17.4 Å². The molecule has 1 saturated heterocycles. The molecule has 4 heterocycles. The number of ether oxygens (including phenoxy) is 1. The van der Waals surface area contributed by atoms with E-state index in [2.05, 4.69) is 15.2 Å². The van der Waals surface area contributed by atoms with Crippen LogP contribution in [0.25, 0.3) is 21.9 Å². The van der Waals surface area contributed by atoms with Gasteiger partial charge in [-0.2, -0.15) is 5.10 Å². The number of aromatic nitrogens is 4. The molecular formula is C13H14N4O. The highest BCUT2D eigenvalue weighted by Crippen LogP contribution is 2.32. The number of nitrogens with one attached hydrogen (secondary N) is 2. The van der Waals surface area contributed by atoms with Crippen LogP contribution in [0.5, 0.6) is 0 Å². The summed E-state index contributed by atoms with van der Waals surface area (Å²) in [6, 6.07) is 2.05. The maximum Gasteiger partial charge on any atom is 0.138 e. The molecular weight excluding hydrogens is 228 g/mol. The molecule has 5 nitrogen and oxygen atoms in total. The van der Waals surface area contributed by atoms with Gasteiger partial charge in [-0.1, -0.05) is 0 Å². The fraction of sp³-hybridized carbons (Fsp3) is 0.385. The zero-order valence-electron chi connectivity index (χ0n) is 9.94. The molecule has 5 heteroatoms. The third-order valence-corrected chi connectivity index (χ3v) is 3.75. The molecule has 0 aliphatic carbocycles. The first-order valence-corrected chi connectivity index (χ1v) is 6.31. The number of rotatable bonds is 1. The fourth-order valence-electron chi connectivity index (χ4n) is 2.80. The Morgan fingerprint density at radius 2 is 2.11 bits per heavy atom. The van der Waals surface area contributed by atoms with Crippen LogP contribution in [0.4, 0.5) is 0 Å². The Morgan fingerprint density at radius 3 is 3.00 bits per heavy atom. The Balaban J connectivity index is 1.97. The van der Waals surface area contributed by atoms with Crippen molar-refractivity contribution in [2.75, 3.05) is 13.2 Å². The van der Waals surface area contributed by atoms with Crippen LogP contribution in [0.3, 0.4) is 0 Å². The van der Waals surface area contributed by atoms with E-state index < -0.39 is 0 Å². The molecule has 4 rings (SSSR count). The average molecular weight is 242 g/mol. The molecule has 92 valence electrons. The molecule has 1 fully saturated rings. The number of fused-ring (bicyclic) bond motifs is 3. The van der Waals surface area contributed by atoms with Crippen molar-refractivity contribution < 1.29 is 4.74 Å². The summed E-state index contributed by atoms with van der Waals surface area (Å²) in [7, 11) is 0. The molecule has 0 aromatic carbocycles. The van der Waals surface area contributed by atoms with Crippen LogP contribution in [0.1, 0.15) is 24.5 Å². The third kappa shape index (κ3) is 1.37. The normalized spacial score (nSPS) is 17.8. The van der Waals surface area contributed by atoms with Crippen molar-refractivity contribution in [2.24, 2.45) is 0 Å². The third-order valence-electron chi connectivity index (χ3n) is 3.75. The van der Waals surface area contributed by atoms with E-state index in [4.69, 9.17) is 9.72 Å². The monoisotopic (exact) mass is 242 g/mol. The largest absolute Gasteiger partial charge is 0.381 e. The molecule has 0 spiro atoms. The number of aromatic amines is 2. The van der Waals surface area contributed by atoms with Gasteiger partial charge in [0, 0.05) is 36.1 Å². The Bertz CT molecular complexity index is 693. The van der Waals surface area contributed by atoms with E-state index in [9.17, 15) is 0 Å². The summed E-state index contributed by atoms with van der Waals surface area (Å²) in [5, 5.41) is 9.57. The number of nitrogens with zero attached hydrogens (tertiary/aromatic N) is 2. The molecule has 0 bridgehead atoms. The molecule has 1 aliphatic heterocycles. The topological polar surface area (TPSA) is 66.6 Å². The molecule has 0 saturated carbocycles. The van der Waals surface area contributed by atoms with Gasteiger partial charge in [0.1, 0.15) is 5.65 Å². The highest BCUT2D eigenvalue weighted by molar-refractivity contribution is 6.04. The summed E-state index contributed by atoms with van der Waals surface area (Å²) in [6.07, 6.45) is 5.88. The average Bonchev–Trinajstić information content (AvgIpc) is 3.06. The SMILES string of the molecule is c1cc2c(nc(C3CCOCC3)c3[nH]ncc32)[nH]1. The predicted octanol–water partition coefficient (Wildman–Crippen LogP) is 2.33. The van der Waals surface area contributed by atoms with Crippen molar-refractivity contribution >= 4 is 21.9 Å². The van der Waals surface area contributed by atoms with Gasteiger partial charge < -0.3 is 9.72 Å². The van der Waals surface area contributed by atoms with Crippen LogP contribution in [0.2, 0.25) is 0 Å². The summed E-state index contributed by atoms with van der Waals surface area (Å²) >= 11 is 0. The summed E-state index contributed by atoms with van der Waals surface area (Å²) in [6.45, 7) is 1.65. The lowest BCUT2D eigenvalue weighted by atomic mass is 9.94. The first kappa shape index (κ1) is 10.1. The lowest BCUT2D eigenvalue weighted by Gasteiger charge is -2.21. The molecule has 0 amide bonds. The van der Waals surface area contributed by atoms with Crippen LogP contribution in [-0.2, 0) is 4.74 Å². The van der Waals surface area contributed by atoms with Crippen LogP contribution in [0, 0.1) is 0 Å². The molecule has 0 unspecified atom stereocenters. The summed E-state index contributed by atoms with van der Waals surface area (Å²) in [5.74, 6) is 0.467. The smallest absolute Gasteiger partial charge is 0.138 e. The second-order valence-corrected chi connectivity index (χ2v) is 4.78. The van der Waals surface area contributed by atoms with Gasteiger partial charge in [-0.05, 0) is 18.9 Å². The number of hydrogen-bond donors (Lipinski definition) is 2. The first-order valence-electron chi connectivity index (χ1n) is 6.31. The Morgan fingerprint density at radius 1 is 1.22 bits per heavy atom. The van der Waals surface area contributed by atoms with E-state index in [1.165, 1.54) is 0 Å².